The van der Waals surface area contributed by atoms with Crippen LogP contribution in [0.5, 0.6) is 0 Å². The topological polar surface area (TPSA) is 0 Å². The van der Waals surface area contributed by atoms with Gasteiger partial charge in [0, 0.05) is 0 Å². The van der Waals surface area contributed by atoms with Crippen molar-refractivity contribution in [1.29, 1.82) is 0 Å². The maximum absolute atomic E-state index is 3.35. The van der Waals surface area contributed by atoms with Crippen LogP contribution in [-0.2, 0) is 12.7 Å². The van der Waals surface area contributed by atoms with Crippen LogP contribution in [0.3, 0.4) is 0 Å². The zero-order valence-electron chi connectivity index (χ0n) is 26.2. The summed E-state index contributed by atoms with van der Waals surface area (Å²) in [5, 5.41) is 8.39. The van der Waals surface area contributed by atoms with E-state index in [1.165, 1.54) is 54.6 Å². The van der Waals surface area contributed by atoms with Crippen LogP contribution in [0.15, 0.2) is 206 Å². The number of rotatable bonds is 7. The summed E-state index contributed by atoms with van der Waals surface area (Å²) in [6, 6.07) is 72.9. The third-order valence-electron chi connectivity index (χ3n) is 7.19. The average Bonchev–Trinajstić information content (AvgIpc) is 3.15. The molecule has 0 spiro atoms. The van der Waals surface area contributed by atoms with Crippen molar-refractivity contribution in [2.75, 3.05) is 0 Å². The van der Waals surface area contributed by atoms with Gasteiger partial charge in [-0.2, -0.15) is 0 Å². The van der Waals surface area contributed by atoms with Crippen LogP contribution in [-0.4, -0.2) is 0 Å². The van der Waals surface area contributed by atoms with Crippen LogP contribution in [0.25, 0.3) is 0 Å². The van der Waals surface area contributed by atoms with E-state index in [-0.39, 0.29) is 0 Å². The zero-order valence-corrected chi connectivity index (χ0v) is 30.6. The molecule has 0 atom stereocenters. The van der Waals surface area contributed by atoms with Crippen LogP contribution in [0.1, 0.15) is 5.56 Å². The van der Waals surface area contributed by atoms with Gasteiger partial charge in [0.1, 0.15) is 0 Å². The number of halogens is 1. The Bertz CT molecular complexity index is 1550. The Balaban J connectivity index is 0.000000148. The maximum atomic E-state index is 3.35. The predicted octanol–water partition coefficient (Wildman–Crippen LogP) is 8.90. The van der Waals surface area contributed by atoms with Gasteiger partial charge in [0.05, 0.1) is 0 Å². The molecule has 7 aromatic carbocycles. The van der Waals surface area contributed by atoms with Crippen molar-refractivity contribution in [3.05, 3.63) is 212 Å². The number of aryl methyl sites for hydroxylation is 1. The monoisotopic (exact) mass is 752 g/mol. The molecular formula is C43H37BrNiP2. The predicted molar refractivity (Wildman–Crippen MR) is 210 cm³/mol. The van der Waals surface area contributed by atoms with Gasteiger partial charge in [-0.15, -0.1) is 0 Å². The minimum Gasteiger partial charge on any atom is -0.0622 e. The van der Waals surface area contributed by atoms with Crippen molar-refractivity contribution in [1.82, 2.24) is 0 Å². The van der Waals surface area contributed by atoms with E-state index in [1.807, 2.05) is 12.1 Å². The van der Waals surface area contributed by atoms with E-state index in [1.54, 1.807) is 0 Å². The van der Waals surface area contributed by atoms with E-state index in [4.69, 9.17) is 0 Å². The van der Waals surface area contributed by atoms with E-state index in [0.717, 1.165) is 0 Å². The summed E-state index contributed by atoms with van der Waals surface area (Å²) < 4.78 is 1.31. The van der Waals surface area contributed by atoms with Gasteiger partial charge in [-0.05, 0) is 47.7 Å². The Morgan fingerprint density at radius 2 is 0.532 bits per heavy atom. The first-order chi connectivity index (χ1) is 23.2. The fraction of sp³-hybridized carbons (Fsp3) is 0.0233. The summed E-state index contributed by atoms with van der Waals surface area (Å²) in [5.74, 6) is 0. The molecule has 0 nitrogen and oxygen atoms in total. The molecular weight excluding hydrogens is 717 g/mol. The second-order valence-electron chi connectivity index (χ2n) is 10.5. The number of benzene rings is 7. The molecule has 0 N–H and O–H groups in total. The van der Waals surface area contributed by atoms with E-state index < -0.39 is 15.8 Å². The first-order valence-electron chi connectivity index (χ1n) is 15.4. The summed E-state index contributed by atoms with van der Waals surface area (Å²) in [6.07, 6.45) is 0. The first kappa shape index (κ1) is 34.7. The van der Waals surface area contributed by atoms with Gasteiger partial charge >= 0.3 is 68.2 Å². The summed E-state index contributed by atoms with van der Waals surface area (Å²) in [7, 11) is -0.892. The zero-order chi connectivity index (χ0) is 32.5. The van der Waals surface area contributed by atoms with Gasteiger partial charge in [-0.1, -0.05) is 182 Å². The Morgan fingerprint density at radius 1 is 0.319 bits per heavy atom. The third-order valence-corrected chi connectivity index (χ3v) is 13.9. The van der Waals surface area contributed by atoms with Crippen molar-refractivity contribution in [3.8, 4) is 0 Å². The van der Waals surface area contributed by atoms with E-state index in [0.29, 0.717) is 0 Å². The minimum atomic E-state index is -0.446. The Kier molecular flexibility index (Phi) is 14.2. The first-order valence-corrected chi connectivity index (χ1v) is 21.0. The van der Waals surface area contributed by atoms with Crippen molar-refractivity contribution < 1.29 is 12.7 Å². The van der Waals surface area contributed by atoms with Gasteiger partial charge in [0.2, 0.25) is 0 Å². The molecule has 0 aliphatic heterocycles. The Labute approximate surface area is 296 Å². The number of hydrogen-bond donors (Lipinski definition) is 0. The molecule has 0 aliphatic carbocycles. The fourth-order valence-corrected chi connectivity index (χ4v) is 11.1. The normalized spacial score (nSPS) is 10.5. The molecule has 7 rings (SSSR count). The van der Waals surface area contributed by atoms with Gasteiger partial charge in [-0.25, -0.2) is 0 Å². The van der Waals surface area contributed by atoms with E-state index >= 15 is 0 Å². The minimum absolute atomic E-state index is 0.446. The van der Waals surface area contributed by atoms with Crippen molar-refractivity contribution in [2.45, 2.75) is 6.92 Å². The van der Waals surface area contributed by atoms with Crippen LogP contribution >= 0.6 is 30.1 Å². The summed E-state index contributed by atoms with van der Waals surface area (Å²) >= 11 is 4.79. The van der Waals surface area contributed by atoms with Crippen molar-refractivity contribution in [3.63, 3.8) is 0 Å². The Morgan fingerprint density at radius 3 is 0.723 bits per heavy atom. The molecule has 0 saturated heterocycles. The second-order valence-corrected chi connectivity index (χ2v) is 16.7. The van der Waals surface area contributed by atoms with Crippen LogP contribution in [0, 0.1) is 6.92 Å². The quantitative estimate of drug-likeness (QED) is 0.113. The molecule has 0 bridgehead atoms. The van der Waals surface area contributed by atoms with Gasteiger partial charge in [0.15, 0.2) is 0 Å². The summed E-state index contributed by atoms with van der Waals surface area (Å²) in [4.78, 5) is 0. The van der Waals surface area contributed by atoms with E-state index in [2.05, 4.69) is 215 Å². The van der Waals surface area contributed by atoms with Gasteiger partial charge in [-0.3, -0.25) is 0 Å². The summed E-state index contributed by atoms with van der Waals surface area (Å²) in [6.45, 7) is 2.11. The summed E-state index contributed by atoms with van der Waals surface area (Å²) in [5.41, 5.74) is 1.33. The van der Waals surface area contributed by atoms with Crippen molar-refractivity contribution >= 4 is 66.4 Å². The van der Waals surface area contributed by atoms with Crippen LogP contribution in [0.2, 0.25) is 0 Å². The fourth-order valence-electron chi connectivity index (χ4n) is 4.96. The van der Waals surface area contributed by atoms with Crippen LogP contribution in [0.4, 0.5) is 0 Å². The molecule has 0 saturated carbocycles. The molecule has 47 heavy (non-hydrogen) atoms. The second kappa shape index (κ2) is 19.3. The van der Waals surface area contributed by atoms with Crippen LogP contribution < -0.4 is 36.4 Å². The van der Waals surface area contributed by atoms with Crippen molar-refractivity contribution in [2.24, 2.45) is 0 Å². The molecule has 0 fully saturated rings. The molecule has 0 amide bonds. The molecule has 7 aromatic rings. The number of hydrogen-bond acceptors (Lipinski definition) is 0. The largest absolute Gasteiger partial charge is 0.0622 e. The molecule has 0 aromatic heterocycles. The third kappa shape index (κ3) is 10.4. The van der Waals surface area contributed by atoms with E-state index in [9.17, 15) is 0 Å². The van der Waals surface area contributed by atoms with Gasteiger partial charge in [0.25, 0.3) is 0 Å². The molecule has 236 valence electrons. The standard InChI is InChI=1S/2C18H15P.C7H7.BrH.Ni/c2*1-4-10-16(11-5-1)19(17-12-6-2-7-13-17)18-14-8-3-9-15-18;1-7-5-3-2-4-6-7;;/h2*1-15H;2-5H,1H3;1H;/q;;;;+1/p-1. The Hall–Kier alpha value is -3.63. The smallest absolute Gasteiger partial charge is 0.0134 e. The molecule has 0 heterocycles. The SMILES string of the molecule is Cc1cccc[c]1[Ni][Br].c1ccc(P(c2ccccc2)c2ccccc2)cc1.c1ccc(P(c2ccccc2)c2ccccc2)cc1. The molecule has 4 heteroatoms. The average molecular weight is 754 g/mol. The maximum Gasteiger partial charge on any atom is -0.0134 e. The van der Waals surface area contributed by atoms with Gasteiger partial charge < -0.3 is 0 Å². The molecule has 0 unspecified atom stereocenters. The molecule has 0 aliphatic rings. The molecule has 0 radical (unpaired) electrons.